The Balaban J connectivity index is 2.21. The van der Waals surface area contributed by atoms with E-state index in [2.05, 4.69) is 9.97 Å². The lowest BCUT2D eigenvalue weighted by atomic mass is 10.1. The maximum absolute atomic E-state index is 11.0. The minimum atomic E-state index is -1.31. The van der Waals surface area contributed by atoms with Crippen molar-refractivity contribution >= 4 is 5.91 Å². The highest BCUT2D eigenvalue weighted by molar-refractivity contribution is 5.90. The summed E-state index contributed by atoms with van der Waals surface area (Å²) in [7, 11) is 0. The van der Waals surface area contributed by atoms with E-state index in [0.29, 0.717) is 6.61 Å². The molecule has 2 rings (SSSR count). The third-order valence-corrected chi connectivity index (χ3v) is 3.10. The Kier molecular flexibility index (Phi) is 4.35. The number of primary amides is 1. The number of carbonyl (C=O) groups is 1. The monoisotopic (exact) mass is 286 g/mol. The van der Waals surface area contributed by atoms with Crippen molar-refractivity contribution in [2.75, 3.05) is 6.61 Å². The molecule has 1 aliphatic rings. The normalized spacial score (nSPS) is 31.4. The van der Waals surface area contributed by atoms with E-state index in [1.807, 2.05) is 0 Å². The van der Waals surface area contributed by atoms with Crippen molar-refractivity contribution in [3.63, 3.8) is 0 Å². The molecule has 1 fully saturated rings. The zero-order valence-corrected chi connectivity index (χ0v) is 10.9. The van der Waals surface area contributed by atoms with Gasteiger partial charge in [-0.1, -0.05) is 0 Å². The van der Waals surface area contributed by atoms with Crippen molar-refractivity contribution in [3.8, 4) is 0 Å². The number of nitrogens with zero attached hydrogens (tertiary/aromatic N) is 1. The summed E-state index contributed by atoms with van der Waals surface area (Å²) in [5.74, 6) is -0.452. The number of nitrogens with one attached hydrogen (secondary N) is 1. The molecule has 20 heavy (non-hydrogen) atoms. The molecule has 9 heteroatoms. The van der Waals surface area contributed by atoms with Gasteiger partial charge in [-0.2, -0.15) is 0 Å². The number of amides is 1. The number of nitrogens with two attached hydrogens (primary N) is 2. The second-order valence-electron chi connectivity index (χ2n) is 4.47. The average molecular weight is 286 g/mol. The van der Waals surface area contributed by atoms with Crippen LogP contribution in [0.25, 0.3) is 0 Å². The highest BCUT2D eigenvalue weighted by Crippen LogP contribution is 2.34. The van der Waals surface area contributed by atoms with Gasteiger partial charge in [0.1, 0.15) is 42.2 Å². The Morgan fingerprint density at radius 1 is 1.70 bits per heavy atom. The van der Waals surface area contributed by atoms with Gasteiger partial charge in [0.25, 0.3) is 5.91 Å². The summed E-state index contributed by atoms with van der Waals surface area (Å²) in [6.45, 7) is 2.07. The Hall–Kier alpha value is -1.52. The second kappa shape index (κ2) is 5.85. The Labute approximate surface area is 114 Å². The third-order valence-electron chi connectivity index (χ3n) is 3.10. The largest absolute Gasteiger partial charge is 0.387 e. The highest BCUT2D eigenvalue weighted by Gasteiger charge is 2.48. The molecule has 0 spiro atoms. The topological polar surface area (TPSA) is 157 Å². The first-order chi connectivity index (χ1) is 9.45. The van der Waals surface area contributed by atoms with Crippen molar-refractivity contribution in [3.05, 3.63) is 17.7 Å². The second-order valence-corrected chi connectivity index (χ2v) is 4.47. The standard InChI is InChI=1S/C11H18N4O5/c1-2-19-6-5(16)7(20-8(6)10(13)18)11-14-3-4(15-11)9(12)17/h3,5-8,10,16,18H,2,13H2,1H3,(H2,12,17)(H,14,15)/t5-,6+,7-,8+,10?/m1/s1. The van der Waals surface area contributed by atoms with Gasteiger partial charge < -0.3 is 36.1 Å². The van der Waals surface area contributed by atoms with Gasteiger partial charge in [-0.15, -0.1) is 0 Å². The molecule has 0 aromatic carbocycles. The summed E-state index contributed by atoms with van der Waals surface area (Å²) >= 11 is 0. The molecule has 1 unspecified atom stereocenters. The van der Waals surface area contributed by atoms with Crippen LogP contribution >= 0.6 is 0 Å². The molecule has 5 atom stereocenters. The number of hydrogen-bond acceptors (Lipinski definition) is 7. The van der Waals surface area contributed by atoms with Crippen LogP contribution in [-0.2, 0) is 9.47 Å². The predicted octanol–water partition coefficient (Wildman–Crippen LogP) is -2.01. The molecule has 2 heterocycles. The van der Waals surface area contributed by atoms with Crippen molar-refractivity contribution in [1.29, 1.82) is 0 Å². The van der Waals surface area contributed by atoms with Crippen molar-refractivity contribution in [1.82, 2.24) is 9.97 Å². The van der Waals surface area contributed by atoms with E-state index in [1.165, 1.54) is 6.20 Å². The lowest BCUT2D eigenvalue weighted by molar-refractivity contribution is -0.0831. The SMILES string of the molecule is CCO[C@H]1[C@@H](O)[C@H](c2ncc(C(N)=O)[nH]2)O[C@@H]1C(N)O. The minimum Gasteiger partial charge on any atom is -0.387 e. The number of aliphatic hydroxyl groups is 2. The summed E-state index contributed by atoms with van der Waals surface area (Å²) in [4.78, 5) is 17.6. The molecule has 0 bridgehead atoms. The van der Waals surface area contributed by atoms with Crippen LogP contribution in [0.15, 0.2) is 6.20 Å². The maximum atomic E-state index is 11.0. The van der Waals surface area contributed by atoms with Gasteiger partial charge in [-0.3, -0.25) is 4.79 Å². The Morgan fingerprint density at radius 2 is 2.40 bits per heavy atom. The van der Waals surface area contributed by atoms with Crippen LogP contribution in [0.3, 0.4) is 0 Å². The first kappa shape index (κ1) is 14.9. The fourth-order valence-electron chi connectivity index (χ4n) is 2.19. The van der Waals surface area contributed by atoms with Gasteiger partial charge >= 0.3 is 0 Å². The summed E-state index contributed by atoms with van der Waals surface area (Å²) < 4.78 is 10.8. The molecule has 7 N–H and O–H groups in total. The summed E-state index contributed by atoms with van der Waals surface area (Å²) in [5.41, 5.74) is 10.6. The minimum absolute atomic E-state index is 0.0977. The van der Waals surface area contributed by atoms with E-state index < -0.39 is 36.6 Å². The molecule has 0 aliphatic carbocycles. The van der Waals surface area contributed by atoms with Crippen molar-refractivity contribution < 1.29 is 24.5 Å². The number of aromatic amines is 1. The molecule has 1 aromatic rings. The van der Waals surface area contributed by atoms with Crippen LogP contribution in [-0.4, -0.2) is 57.2 Å². The van der Waals surface area contributed by atoms with Gasteiger partial charge in [0.05, 0.1) is 6.20 Å². The third kappa shape index (κ3) is 2.67. The number of aliphatic hydroxyl groups excluding tert-OH is 2. The van der Waals surface area contributed by atoms with Gasteiger partial charge in [0, 0.05) is 6.61 Å². The van der Waals surface area contributed by atoms with E-state index >= 15 is 0 Å². The summed E-state index contributed by atoms with van der Waals surface area (Å²) in [5, 5.41) is 19.7. The molecule has 112 valence electrons. The highest BCUT2D eigenvalue weighted by atomic mass is 16.6. The van der Waals surface area contributed by atoms with Crippen LogP contribution in [0.2, 0.25) is 0 Å². The predicted molar refractivity (Wildman–Crippen MR) is 66.3 cm³/mol. The van der Waals surface area contributed by atoms with E-state index in [1.54, 1.807) is 6.92 Å². The number of H-pyrrole nitrogens is 1. The average Bonchev–Trinajstić information content (AvgIpc) is 2.96. The number of aromatic nitrogens is 2. The molecule has 1 saturated heterocycles. The fraction of sp³-hybridized carbons (Fsp3) is 0.636. The fourth-order valence-corrected chi connectivity index (χ4v) is 2.19. The molecular weight excluding hydrogens is 268 g/mol. The van der Waals surface area contributed by atoms with Crippen molar-refractivity contribution in [2.45, 2.75) is 37.6 Å². The van der Waals surface area contributed by atoms with Crippen LogP contribution in [0.1, 0.15) is 29.3 Å². The molecule has 1 aliphatic heterocycles. The van der Waals surface area contributed by atoms with E-state index in [-0.39, 0.29) is 11.5 Å². The van der Waals surface area contributed by atoms with Gasteiger partial charge in [-0.05, 0) is 6.92 Å². The van der Waals surface area contributed by atoms with Crippen LogP contribution in [0, 0.1) is 0 Å². The first-order valence-electron chi connectivity index (χ1n) is 6.19. The van der Waals surface area contributed by atoms with Crippen molar-refractivity contribution in [2.24, 2.45) is 11.5 Å². The molecule has 0 radical (unpaired) electrons. The first-order valence-corrected chi connectivity index (χ1v) is 6.19. The van der Waals surface area contributed by atoms with Gasteiger partial charge in [-0.25, -0.2) is 4.98 Å². The number of rotatable bonds is 5. The van der Waals surface area contributed by atoms with Gasteiger partial charge in [0.2, 0.25) is 0 Å². The van der Waals surface area contributed by atoms with Crippen LogP contribution < -0.4 is 11.5 Å². The smallest absolute Gasteiger partial charge is 0.266 e. The molecule has 0 saturated carbocycles. The molecule has 1 amide bonds. The molecule has 1 aromatic heterocycles. The van der Waals surface area contributed by atoms with Crippen LogP contribution in [0.5, 0.6) is 0 Å². The molecular formula is C11H18N4O5. The number of hydrogen-bond donors (Lipinski definition) is 5. The zero-order chi connectivity index (χ0) is 14.9. The maximum Gasteiger partial charge on any atom is 0.266 e. The number of imidazole rings is 1. The quantitative estimate of drug-likeness (QED) is 0.391. The summed E-state index contributed by atoms with van der Waals surface area (Å²) in [6, 6.07) is 0. The van der Waals surface area contributed by atoms with E-state index in [4.69, 9.17) is 20.9 Å². The Bertz CT molecular complexity index is 477. The lowest BCUT2D eigenvalue weighted by Crippen LogP contribution is -2.44. The van der Waals surface area contributed by atoms with Crippen LogP contribution in [0.4, 0.5) is 0 Å². The number of ether oxygens (including phenoxy) is 2. The van der Waals surface area contributed by atoms with E-state index in [0.717, 1.165) is 0 Å². The van der Waals surface area contributed by atoms with Gasteiger partial charge in [0.15, 0.2) is 0 Å². The van der Waals surface area contributed by atoms with E-state index in [9.17, 15) is 15.0 Å². The zero-order valence-electron chi connectivity index (χ0n) is 10.9. The lowest BCUT2D eigenvalue weighted by Gasteiger charge is -2.21. The summed E-state index contributed by atoms with van der Waals surface area (Å²) in [6.07, 6.45) is -3.70. The number of carbonyl (C=O) groups excluding carboxylic acids is 1. The Morgan fingerprint density at radius 3 is 2.90 bits per heavy atom. The molecule has 9 nitrogen and oxygen atoms in total.